The summed E-state index contributed by atoms with van der Waals surface area (Å²) in [7, 11) is -0.365. The first kappa shape index (κ1) is 23.1. The van der Waals surface area contributed by atoms with Crippen molar-refractivity contribution >= 4 is 15.9 Å². The lowest BCUT2D eigenvalue weighted by molar-refractivity contribution is -0.121. The Bertz CT molecular complexity index is 986. The number of rotatable bonds is 9. The van der Waals surface area contributed by atoms with E-state index in [1.54, 1.807) is 44.6 Å². The second kappa shape index (κ2) is 10.6. The van der Waals surface area contributed by atoms with Gasteiger partial charge in [-0.3, -0.25) is 4.79 Å². The van der Waals surface area contributed by atoms with Crippen LogP contribution in [-0.4, -0.2) is 59.2 Å². The van der Waals surface area contributed by atoms with Crippen LogP contribution < -0.4 is 14.8 Å². The second-order valence-electron chi connectivity index (χ2n) is 7.13. The number of sulfonamides is 1. The SMILES string of the molecule is COc1ccc(CNC(=O)CCc2ccc(S(=O)(=O)N3CCOCC3)cc2)cc1OC. The van der Waals surface area contributed by atoms with Crippen molar-refractivity contribution in [3.63, 3.8) is 0 Å². The van der Waals surface area contributed by atoms with E-state index >= 15 is 0 Å². The Kier molecular flexibility index (Phi) is 7.89. The Labute approximate surface area is 183 Å². The first-order valence-electron chi connectivity index (χ1n) is 10.1. The van der Waals surface area contributed by atoms with Crippen molar-refractivity contribution in [2.24, 2.45) is 0 Å². The Morgan fingerprint density at radius 3 is 2.29 bits per heavy atom. The van der Waals surface area contributed by atoms with Gasteiger partial charge in [0.15, 0.2) is 11.5 Å². The monoisotopic (exact) mass is 448 g/mol. The Balaban J connectivity index is 1.50. The van der Waals surface area contributed by atoms with E-state index in [0.29, 0.717) is 57.2 Å². The molecule has 1 saturated heterocycles. The van der Waals surface area contributed by atoms with Crippen molar-refractivity contribution in [2.45, 2.75) is 24.3 Å². The lowest BCUT2D eigenvalue weighted by Gasteiger charge is -2.26. The molecule has 1 aliphatic heterocycles. The van der Waals surface area contributed by atoms with E-state index in [4.69, 9.17) is 14.2 Å². The Morgan fingerprint density at radius 2 is 1.65 bits per heavy atom. The minimum Gasteiger partial charge on any atom is -0.493 e. The molecule has 0 bridgehead atoms. The van der Waals surface area contributed by atoms with E-state index < -0.39 is 10.0 Å². The topological polar surface area (TPSA) is 94.2 Å². The number of hydrogen-bond donors (Lipinski definition) is 1. The second-order valence-corrected chi connectivity index (χ2v) is 9.06. The van der Waals surface area contributed by atoms with Gasteiger partial charge in [-0.25, -0.2) is 8.42 Å². The molecule has 1 fully saturated rings. The van der Waals surface area contributed by atoms with Crippen molar-refractivity contribution in [3.05, 3.63) is 53.6 Å². The minimum absolute atomic E-state index is 0.0835. The van der Waals surface area contributed by atoms with Crippen molar-refractivity contribution in [1.29, 1.82) is 0 Å². The summed E-state index contributed by atoms with van der Waals surface area (Å²) in [5, 5.41) is 2.89. The summed E-state index contributed by atoms with van der Waals surface area (Å²) in [6.07, 6.45) is 0.832. The normalized spacial score (nSPS) is 14.8. The molecular weight excluding hydrogens is 420 g/mol. The van der Waals surface area contributed by atoms with Crippen LogP contribution in [0.5, 0.6) is 11.5 Å². The lowest BCUT2D eigenvalue weighted by atomic mass is 10.1. The fourth-order valence-corrected chi connectivity index (χ4v) is 4.71. The van der Waals surface area contributed by atoms with Gasteiger partial charge in [-0.2, -0.15) is 4.31 Å². The van der Waals surface area contributed by atoms with Crippen LogP contribution >= 0.6 is 0 Å². The lowest BCUT2D eigenvalue weighted by Crippen LogP contribution is -2.40. The minimum atomic E-state index is -3.51. The molecule has 8 nitrogen and oxygen atoms in total. The molecular formula is C22H28N2O6S. The van der Waals surface area contributed by atoms with Crippen LogP contribution in [0, 0.1) is 0 Å². The highest BCUT2D eigenvalue weighted by atomic mass is 32.2. The maximum absolute atomic E-state index is 12.7. The molecule has 1 aliphatic rings. The zero-order valence-corrected chi connectivity index (χ0v) is 18.6. The molecule has 1 N–H and O–H groups in total. The summed E-state index contributed by atoms with van der Waals surface area (Å²) in [6.45, 7) is 1.94. The van der Waals surface area contributed by atoms with Crippen LogP contribution in [0.15, 0.2) is 47.4 Å². The Hall–Kier alpha value is -2.62. The quantitative estimate of drug-likeness (QED) is 0.630. The molecule has 1 heterocycles. The standard InChI is InChI=1S/C22H28N2O6S/c1-28-20-9-5-18(15-21(20)29-2)16-23-22(25)10-6-17-3-7-19(8-4-17)31(26,27)24-11-13-30-14-12-24/h3-5,7-9,15H,6,10-14,16H2,1-2H3,(H,23,25). The predicted molar refractivity (Wildman–Crippen MR) is 116 cm³/mol. The predicted octanol–water partition coefficient (Wildman–Crippen LogP) is 1.97. The van der Waals surface area contributed by atoms with E-state index in [0.717, 1.165) is 11.1 Å². The summed E-state index contributed by atoms with van der Waals surface area (Å²) in [6, 6.07) is 12.2. The largest absolute Gasteiger partial charge is 0.493 e. The fourth-order valence-electron chi connectivity index (χ4n) is 3.30. The third-order valence-electron chi connectivity index (χ3n) is 5.11. The number of carbonyl (C=O) groups excluding carboxylic acids is 1. The van der Waals surface area contributed by atoms with Gasteiger partial charge in [0.1, 0.15) is 0 Å². The van der Waals surface area contributed by atoms with Crippen molar-refractivity contribution in [3.8, 4) is 11.5 Å². The average molecular weight is 449 g/mol. The van der Waals surface area contributed by atoms with Gasteiger partial charge >= 0.3 is 0 Å². The molecule has 1 amide bonds. The number of ether oxygens (including phenoxy) is 3. The molecule has 0 aromatic heterocycles. The van der Waals surface area contributed by atoms with Gasteiger partial charge in [0.2, 0.25) is 15.9 Å². The van der Waals surface area contributed by atoms with Crippen LogP contribution in [0.1, 0.15) is 17.5 Å². The van der Waals surface area contributed by atoms with Crippen molar-refractivity contribution in [1.82, 2.24) is 9.62 Å². The summed E-state index contributed by atoms with van der Waals surface area (Å²) in [5.41, 5.74) is 1.81. The Morgan fingerprint density at radius 1 is 1.00 bits per heavy atom. The number of benzene rings is 2. The zero-order valence-electron chi connectivity index (χ0n) is 17.8. The molecule has 31 heavy (non-hydrogen) atoms. The molecule has 2 aromatic carbocycles. The van der Waals surface area contributed by atoms with E-state index in [9.17, 15) is 13.2 Å². The van der Waals surface area contributed by atoms with E-state index in [1.807, 2.05) is 12.1 Å². The van der Waals surface area contributed by atoms with Gasteiger partial charge in [-0.1, -0.05) is 18.2 Å². The molecule has 0 radical (unpaired) electrons. The van der Waals surface area contributed by atoms with Crippen LogP contribution in [0.4, 0.5) is 0 Å². The molecule has 0 unspecified atom stereocenters. The molecule has 168 valence electrons. The van der Waals surface area contributed by atoms with Gasteiger partial charge in [0.25, 0.3) is 0 Å². The van der Waals surface area contributed by atoms with Crippen molar-refractivity contribution in [2.75, 3.05) is 40.5 Å². The number of nitrogens with zero attached hydrogens (tertiary/aromatic N) is 1. The number of amides is 1. The summed E-state index contributed by atoms with van der Waals surface area (Å²) >= 11 is 0. The highest BCUT2D eigenvalue weighted by molar-refractivity contribution is 7.89. The summed E-state index contributed by atoms with van der Waals surface area (Å²) in [5.74, 6) is 1.16. The van der Waals surface area contributed by atoms with Gasteiger partial charge < -0.3 is 19.5 Å². The van der Waals surface area contributed by atoms with Gasteiger partial charge in [0.05, 0.1) is 32.3 Å². The van der Waals surface area contributed by atoms with E-state index in [1.165, 1.54) is 4.31 Å². The number of aryl methyl sites for hydroxylation is 1. The molecule has 9 heteroatoms. The maximum atomic E-state index is 12.7. The molecule has 0 atom stereocenters. The average Bonchev–Trinajstić information content (AvgIpc) is 2.82. The number of carbonyl (C=O) groups is 1. The first-order chi connectivity index (χ1) is 14.9. The summed E-state index contributed by atoms with van der Waals surface area (Å²) < 4.78 is 42.5. The van der Waals surface area contributed by atoms with Crippen LogP contribution in [-0.2, 0) is 32.5 Å². The zero-order chi connectivity index (χ0) is 22.3. The fraction of sp³-hybridized carbons (Fsp3) is 0.409. The molecule has 0 aliphatic carbocycles. The highest BCUT2D eigenvalue weighted by Crippen LogP contribution is 2.27. The number of nitrogens with one attached hydrogen (secondary N) is 1. The van der Waals surface area contributed by atoms with Crippen LogP contribution in [0.25, 0.3) is 0 Å². The maximum Gasteiger partial charge on any atom is 0.243 e. The first-order valence-corrected chi connectivity index (χ1v) is 11.5. The highest BCUT2D eigenvalue weighted by Gasteiger charge is 2.26. The van der Waals surface area contributed by atoms with E-state index in [-0.39, 0.29) is 10.8 Å². The molecule has 2 aromatic rings. The van der Waals surface area contributed by atoms with Crippen molar-refractivity contribution < 1.29 is 27.4 Å². The van der Waals surface area contributed by atoms with Gasteiger partial charge in [-0.15, -0.1) is 0 Å². The van der Waals surface area contributed by atoms with Crippen LogP contribution in [0.2, 0.25) is 0 Å². The molecule has 0 saturated carbocycles. The smallest absolute Gasteiger partial charge is 0.243 e. The molecule has 3 rings (SSSR count). The van der Waals surface area contributed by atoms with Crippen LogP contribution in [0.3, 0.4) is 0 Å². The molecule has 0 spiro atoms. The third kappa shape index (κ3) is 5.96. The van der Waals surface area contributed by atoms with E-state index in [2.05, 4.69) is 5.32 Å². The number of methoxy groups -OCH3 is 2. The third-order valence-corrected chi connectivity index (χ3v) is 7.02. The summed E-state index contributed by atoms with van der Waals surface area (Å²) in [4.78, 5) is 12.5. The van der Waals surface area contributed by atoms with Gasteiger partial charge in [-0.05, 0) is 41.8 Å². The number of hydrogen-bond acceptors (Lipinski definition) is 6. The number of morpholine rings is 1. The van der Waals surface area contributed by atoms with Gasteiger partial charge in [0, 0.05) is 26.1 Å².